The zero-order valence-corrected chi connectivity index (χ0v) is 19.9. The molecule has 176 valence electrons. The molecule has 0 saturated carbocycles. The van der Waals surface area contributed by atoms with Crippen molar-refractivity contribution in [1.29, 1.82) is 0 Å². The number of benzene rings is 2. The van der Waals surface area contributed by atoms with E-state index in [0.29, 0.717) is 12.2 Å². The average Bonchev–Trinajstić information content (AvgIpc) is 2.78. The summed E-state index contributed by atoms with van der Waals surface area (Å²) < 4.78 is 30.6. The second-order valence-electron chi connectivity index (χ2n) is 8.23. The van der Waals surface area contributed by atoms with E-state index < -0.39 is 9.84 Å². The first-order valence-corrected chi connectivity index (χ1v) is 13.3. The highest BCUT2D eigenvalue weighted by Gasteiger charge is 2.17. The SMILES string of the molecule is CCCCCCCCCCCCCC(=O)Oc1ccc(S(=O)(=O)c2ccc(O)cc2)cc1. The molecule has 0 fully saturated rings. The summed E-state index contributed by atoms with van der Waals surface area (Å²) in [7, 11) is -3.69. The number of carbonyl (C=O) groups excluding carboxylic acids is 1. The summed E-state index contributed by atoms with van der Waals surface area (Å²) in [6.07, 6.45) is 13.8. The number of esters is 1. The molecule has 0 aliphatic rings. The van der Waals surface area contributed by atoms with Crippen LogP contribution in [-0.2, 0) is 14.6 Å². The highest BCUT2D eigenvalue weighted by molar-refractivity contribution is 7.91. The molecule has 2 aromatic carbocycles. The van der Waals surface area contributed by atoms with E-state index >= 15 is 0 Å². The number of phenolic OH excluding ortho intramolecular Hbond substituents is 1. The molecule has 0 unspecified atom stereocenters. The van der Waals surface area contributed by atoms with E-state index in [2.05, 4.69) is 6.92 Å². The van der Waals surface area contributed by atoms with E-state index in [1.807, 2.05) is 0 Å². The maximum Gasteiger partial charge on any atom is 0.311 e. The van der Waals surface area contributed by atoms with Crippen LogP contribution >= 0.6 is 0 Å². The predicted octanol–water partition coefficient (Wildman–Crippen LogP) is 6.83. The van der Waals surface area contributed by atoms with Crippen LogP contribution in [0.5, 0.6) is 11.5 Å². The lowest BCUT2D eigenvalue weighted by Gasteiger charge is -2.07. The van der Waals surface area contributed by atoms with Crippen molar-refractivity contribution in [2.45, 2.75) is 93.8 Å². The highest BCUT2D eigenvalue weighted by Crippen LogP contribution is 2.24. The molecule has 2 aromatic rings. The highest BCUT2D eigenvalue weighted by atomic mass is 32.2. The van der Waals surface area contributed by atoms with Gasteiger partial charge in [-0.1, -0.05) is 71.1 Å². The summed E-state index contributed by atoms with van der Waals surface area (Å²) in [5.41, 5.74) is 0. The third-order valence-electron chi connectivity index (χ3n) is 5.50. The quantitative estimate of drug-likeness (QED) is 0.179. The number of hydrogen-bond acceptors (Lipinski definition) is 5. The van der Waals surface area contributed by atoms with E-state index in [9.17, 15) is 18.3 Å². The van der Waals surface area contributed by atoms with Gasteiger partial charge in [-0.15, -0.1) is 0 Å². The lowest BCUT2D eigenvalue weighted by Crippen LogP contribution is -2.08. The Kier molecular flexibility index (Phi) is 11.3. The fourth-order valence-electron chi connectivity index (χ4n) is 3.56. The minimum Gasteiger partial charge on any atom is -0.508 e. The predicted molar refractivity (Wildman–Crippen MR) is 127 cm³/mol. The summed E-state index contributed by atoms with van der Waals surface area (Å²) in [6.45, 7) is 2.24. The second-order valence-corrected chi connectivity index (χ2v) is 10.2. The van der Waals surface area contributed by atoms with Crippen LogP contribution in [-0.4, -0.2) is 19.5 Å². The van der Waals surface area contributed by atoms with E-state index in [4.69, 9.17) is 4.74 Å². The number of ether oxygens (including phenoxy) is 1. The average molecular weight is 461 g/mol. The van der Waals surface area contributed by atoms with Gasteiger partial charge in [0.2, 0.25) is 9.84 Å². The standard InChI is InChI=1S/C26H36O5S/c1-2-3-4-5-6-7-8-9-10-11-12-13-26(28)31-23-16-20-25(21-17-23)32(29,30)24-18-14-22(27)15-19-24/h14-21,27H,2-13H2,1H3. The second kappa shape index (κ2) is 13.9. The Morgan fingerprint density at radius 1 is 0.719 bits per heavy atom. The largest absolute Gasteiger partial charge is 0.508 e. The Bertz CT molecular complexity index is 902. The van der Waals surface area contributed by atoms with Gasteiger partial charge >= 0.3 is 5.97 Å². The molecular formula is C26H36O5S. The third kappa shape index (κ3) is 9.03. The molecule has 0 spiro atoms. The van der Waals surface area contributed by atoms with Gasteiger partial charge in [-0.25, -0.2) is 8.42 Å². The lowest BCUT2D eigenvalue weighted by atomic mass is 10.1. The Morgan fingerprint density at radius 3 is 1.66 bits per heavy atom. The summed E-state index contributed by atoms with van der Waals surface area (Å²) >= 11 is 0. The van der Waals surface area contributed by atoms with Gasteiger partial charge in [0, 0.05) is 6.42 Å². The first kappa shape index (κ1) is 25.9. The van der Waals surface area contributed by atoms with Gasteiger partial charge in [-0.2, -0.15) is 0 Å². The number of phenols is 1. The van der Waals surface area contributed by atoms with Crippen molar-refractivity contribution < 1.29 is 23.1 Å². The van der Waals surface area contributed by atoms with E-state index in [0.717, 1.165) is 19.3 Å². The van der Waals surface area contributed by atoms with Crippen molar-refractivity contribution in [2.24, 2.45) is 0 Å². The number of unbranched alkanes of at least 4 members (excludes halogenated alkanes) is 10. The number of rotatable bonds is 15. The summed E-state index contributed by atoms with van der Waals surface area (Å²) in [5.74, 6) is 0.0433. The van der Waals surface area contributed by atoms with Crippen molar-refractivity contribution in [3.8, 4) is 11.5 Å². The van der Waals surface area contributed by atoms with Crippen LogP contribution in [0.2, 0.25) is 0 Å². The van der Waals surface area contributed by atoms with Gasteiger partial charge in [0.25, 0.3) is 0 Å². The first-order valence-electron chi connectivity index (χ1n) is 11.8. The van der Waals surface area contributed by atoms with Gasteiger partial charge in [0.15, 0.2) is 0 Å². The summed E-state index contributed by atoms with van der Waals surface area (Å²) in [4.78, 5) is 12.2. The zero-order valence-electron chi connectivity index (χ0n) is 19.1. The van der Waals surface area contributed by atoms with Gasteiger partial charge in [0.1, 0.15) is 11.5 Å². The van der Waals surface area contributed by atoms with Gasteiger partial charge < -0.3 is 9.84 Å². The molecule has 5 nitrogen and oxygen atoms in total. The molecule has 0 amide bonds. The van der Waals surface area contributed by atoms with Crippen molar-refractivity contribution in [2.75, 3.05) is 0 Å². The maximum atomic E-state index is 12.6. The maximum absolute atomic E-state index is 12.6. The third-order valence-corrected chi connectivity index (χ3v) is 7.28. The molecule has 1 N–H and O–H groups in total. The molecule has 2 rings (SSSR count). The summed E-state index contributed by atoms with van der Waals surface area (Å²) in [5, 5.41) is 9.33. The zero-order chi connectivity index (χ0) is 23.2. The van der Waals surface area contributed by atoms with Gasteiger partial charge in [-0.3, -0.25) is 4.79 Å². The van der Waals surface area contributed by atoms with Gasteiger partial charge in [0.05, 0.1) is 9.79 Å². The molecule has 6 heteroatoms. The van der Waals surface area contributed by atoms with Crippen LogP contribution in [0.4, 0.5) is 0 Å². The van der Waals surface area contributed by atoms with E-state index in [1.54, 1.807) is 0 Å². The van der Waals surface area contributed by atoms with Crippen molar-refractivity contribution in [3.05, 3.63) is 48.5 Å². The molecular weight excluding hydrogens is 424 g/mol. The van der Waals surface area contributed by atoms with Crippen molar-refractivity contribution in [1.82, 2.24) is 0 Å². The van der Waals surface area contributed by atoms with Crippen LogP contribution in [0, 0.1) is 0 Å². The van der Waals surface area contributed by atoms with Crippen LogP contribution in [0.1, 0.15) is 84.0 Å². The van der Waals surface area contributed by atoms with Crippen LogP contribution < -0.4 is 4.74 Å². The molecule has 0 bridgehead atoms. The first-order chi connectivity index (χ1) is 15.4. The molecule has 32 heavy (non-hydrogen) atoms. The Morgan fingerprint density at radius 2 is 1.16 bits per heavy atom. The normalized spacial score (nSPS) is 11.4. The molecule has 0 heterocycles. The number of carbonyl (C=O) groups is 1. The smallest absolute Gasteiger partial charge is 0.311 e. The summed E-state index contributed by atoms with van der Waals surface area (Å²) in [6, 6.07) is 11.2. The lowest BCUT2D eigenvalue weighted by molar-refractivity contribution is -0.134. The molecule has 0 saturated heterocycles. The Hall–Kier alpha value is -2.34. The minimum atomic E-state index is -3.69. The topological polar surface area (TPSA) is 80.7 Å². The Labute approximate surface area is 192 Å². The van der Waals surface area contributed by atoms with Crippen LogP contribution in [0.15, 0.2) is 58.3 Å². The number of sulfone groups is 1. The van der Waals surface area contributed by atoms with Crippen molar-refractivity contribution in [3.63, 3.8) is 0 Å². The van der Waals surface area contributed by atoms with Gasteiger partial charge in [-0.05, 0) is 55.0 Å². The fourth-order valence-corrected chi connectivity index (χ4v) is 4.83. The van der Waals surface area contributed by atoms with E-state index in [1.165, 1.54) is 99.9 Å². The fraction of sp³-hybridized carbons (Fsp3) is 0.500. The van der Waals surface area contributed by atoms with E-state index in [-0.39, 0.29) is 21.5 Å². The van der Waals surface area contributed by atoms with Crippen LogP contribution in [0.25, 0.3) is 0 Å². The number of aromatic hydroxyl groups is 1. The molecule has 0 aliphatic carbocycles. The molecule has 0 atom stereocenters. The van der Waals surface area contributed by atoms with Crippen LogP contribution in [0.3, 0.4) is 0 Å². The molecule has 0 aliphatic heterocycles. The van der Waals surface area contributed by atoms with Crippen molar-refractivity contribution >= 4 is 15.8 Å². The molecule has 0 aromatic heterocycles. The monoisotopic (exact) mass is 460 g/mol. The molecule has 0 radical (unpaired) electrons. The number of hydrogen-bond donors (Lipinski definition) is 1. The minimum absolute atomic E-state index is 0.00372. The Balaban J connectivity index is 1.65.